The molecule has 3 N–H and O–H groups in total. The first kappa shape index (κ1) is 32.3. The van der Waals surface area contributed by atoms with Crippen LogP contribution < -0.4 is 10.6 Å². The lowest BCUT2D eigenvalue weighted by molar-refractivity contribution is 0.0630. The maximum atomic E-state index is 14.0. The van der Waals surface area contributed by atoms with Crippen LogP contribution in [0.2, 0.25) is 0 Å². The SMILES string of the molecule is CCc1cccc(CNC[C@@H](O)[C@H](Cc2cc(F)cc(F)c2)NC(=O)c2cc(C)cc(C(=O)N3CCC[C@H]3COC)c2)c1. The minimum absolute atomic E-state index is 0.00132. The fourth-order valence-corrected chi connectivity index (χ4v) is 5.66. The first-order valence-corrected chi connectivity index (χ1v) is 14.8. The van der Waals surface area contributed by atoms with E-state index in [9.17, 15) is 23.5 Å². The number of rotatable bonds is 13. The average molecular weight is 594 g/mol. The van der Waals surface area contributed by atoms with Crippen molar-refractivity contribution in [3.8, 4) is 0 Å². The summed E-state index contributed by atoms with van der Waals surface area (Å²) in [6.45, 7) is 5.59. The minimum atomic E-state index is -1.07. The van der Waals surface area contributed by atoms with Crippen LogP contribution >= 0.6 is 0 Å². The average Bonchev–Trinajstić information content (AvgIpc) is 3.44. The maximum Gasteiger partial charge on any atom is 0.254 e. The second-order valence-electron chi connectivity index (χ2n) is 11.3. The molecule has 0 aliphatic carbocycles. The van der Waals surface area contributed by atoms with Crippen molar-refractivity contribution in [2.75, 3.05) is 26.8 Å². The third-order valence-electron chi connectivity index (χ3n) is 7.82. The van der Waals surface area contributed by atoms with Gasteiger partial charge in [0.2, 0.25) is 0 Å². The Balaban J connectivity index is 1.51. The molecule has 0 radical (unpaired) electrons. The van der Waals surface area contributed by atoms with Crippen molar-refractivity contribution in [1.82, 2.24) is 15.5 Å². The van der Waals surface area contributed by atoms with Crippen LogP contribution in [0.25, 0.3) is 0 Å². The Morgan fingerprint density at radius 2 is 1.74 bits per heavy atom. The number of aryl methyl sites for hydroxylation is 2. The number of benzene rings is 3. The van der Waals surface area contributed by atoms with Crippen LogP contribution in [0.15, 0.2) is 60.7 Å². The van der Waals surface area contributed by atoms with Gasteiger partial charge < -0.3 is 25.4 Å². The molecule has 7 nitrogen and oxygen atoms in total. The lowest BCUT2D eigenvalue weighted by atomic mass is 9.99. The van der Waals surface area contributed by atoms with Gasteiger partial charge in [-0.1, -0.05) is 31.2 Å². The lowest BCUT2D eigenvalue weighted by Gasteiger charge is -2.26. The molecule has 1 aliphatic heterocycles. The van der Waals surface area contributed by atoms with E-state index in [1.165, 1.54) is 17.7 Å². The van der Waals surface area contributed by atoms with Crippen LogP contribution in [0.3, 0.4) is 0 Å². The molecule has 0 unspecified atom stereocenters. The van der Waals surface area contributed by atoms with Crippen LogP contribution in [0.1, 0.15) is 62.7 Å². The Morgan fingerprint density at radius 1 is 1.02 bits per heavy atom. The molecular weight excluding hydrogens is 552 g/mol. The molecule has 0 spiro atoms. The van der Waals surface area contributed by atoms with Crippen molar-refractivity contribution in [3.63, 3.8) is 0 Å². The molecule has 2 amide bonds. The number of amides is 2. The zero-order valence-corrected chi connectivity index (χ0v) is 25.0. The number of halogens is 2. The third-order valence-corrected chi connectivity index (χ3v) is 7.82. The van der Waals surface area contributed by atoms with Crippen molar-refractivity contribution >= 4 is 11.8 Å². The summed E-state index contributed by atoms with van der Waals surface area (Å²) in [5, 5.41) is 17.3. The number of carbonyl (C=O) groups excluding carboxylic acids is 2. The molecule has 3 aromatic rings. The first-order valence-electron chi connectivity index (χ1n) is 14.8. The Kier molecular flexibility index (Phi) is 11.4. The minimum Gasteiger partial charge on any atom is -0.390 e. The molecule has 0 saturated carbocycles. The molecule has 9 heteroatoms. The zero-order chi connectivity index (χ0) is 30.9. The summed E-state index contributed by atoms with van der Waals surface area (Å²) >= 11 is 0. The normalized spacial score (nSPS) is 16.2. The molecule has 1 aliphatic rings. The second-order valence-corrected chi connectivity index (χ2v) is 11.3. The predicted octanol–water partition coefficient (Wildman–Crippen LogP) is 4.58. The van der Waals surface area contributed by atoms with Crippen molar-refractivity contribution in [2.24, 2.45) is 0 Å². The van der Waals surface area contributed by atoms with Gasteiger partial charge in [0.25, 0.3) is 11.8 Å². The van der Waals surface area contributed by atoms with Gasteiger partial charge in [0.05, 0.1) is 24.8 Å². The van der Waals surface area contributed by atoms with Crippen molar-refractivity contribution in [1.29, 1.82) is 0 Å². The zero-order valence-electron chi connectivity index (χ0n) is 25.0. The molecule has 3 atom stereocenters. The van der Waals surface area contributed by atoms with E-state index in [4.69, 9.17) is 4.74 Å². The van der Waals surface area contributed by atoms with Gasteiger partial charge >= 0.3 is 0 Å². The highest BCUT2D eigenvalue weighted by molar-refractivity contribution is 6.00. The fourth-order valence-electron chi connectivity index (χ4n) is 5.66. The van der Waals surface area contributed by atoms with Crippen LogP contribution in [-0.2, 0) is 24.1 Å². The van der Waals surface area contributed by atoms with Gasteiger partial charge in [0.15, 0.2) is 0 Å². The number of likely N-dealkylation sites (tertiary alicyclic amines) is 1. The van der Waals surface area contributed by atoms with Gasteiger partial charge in [-0.3, -0.25) is 9.59 Å². The number of hydrogen-bond donors (Lipinski definition) is 3. The Labute approximate surface area is 252 Å². The van der Waals surface area contributed by atoms with Gasteiger partial charge in [-0.05, 0) is 85.2 Å². The molecule has 0 aromatic heterocycles. The molecule has 1 fully saturated rings. The van der Waals surface area contributed by atoms with Crippen molar-refractivity contribution in [2.45, 2.75) is 64.3 Å². The highest BCUT2D eigenvalue weighted by Crippen LogP contribution is 2.22. The molecule has 3 aromatic carbocycles. The summed E-state index contributed by atoms with van der Waals surface area (Å²) in [5.41, 5.74) is 3.95. The maximum absolute atomic E-state index is 14.0. The van der Waals surface area contributed by atoms with Crippen molar-refractivity contribution < 1.29 is 28.2 Å². The Bertz CT molecular complexity index is 1400. The van der Waals surface area contributed by atoms with Crippen LogP contribution in [0.5, 0.6) is 0 Å². The van der Waals surface area contributed by atoms with E-state index in [0.29, 0.717) is 30.8 Å². The number of aliphatic hydroxyl groups excluding tert-OH is 1. The highest BCUT2D eigenvalue weighted by Gasteiger charge is 2.30. The van der Waals surface area contributed by atoms with E-state index >= 15 is 0 Å². The smallest absolute Gasteiger partial charge is 0.254 e. The Hall–Kier alpha value is -3.66. The third kappa shape index (κ3) is 8.92. The fraction of sp³-hybridized carbons (Fsp3) is 0.412. The molecule has 43 heavy (non-hydrogen) atoms. The summed E-state index contributed by atoms with van der Waals surface area (Å²) in [5.74, 6) is -2.14. The van der Waals surface area contributed by atoms with Gasteiger partial charge in [-0.2, -0.15) is 0 Å². The van der Waals surface area contributed by atoms with Gasteiger partial charge in [-0.15, -0.1) is 0 Å². The summed E-state index contributed by atoms with van der Waals surface area (Å²) in [6.07, 6.45) is 1.58. The standard InChI is InChI=1S/C34H41F2N3O4/c1-4-23-7-5-8-24(13-23)19-37-20-32(40)31(16-25-14-28(35)18-29(36)15-25)38-33(41)26-11-22(2)12-27(17-26)34(42)39-10-6-9-30(39)21-43-3/h5,7-8,11-15,17-18,30-32,37,40H,4,6,9-10,16,19-21H2,1-3H3,(H,38,41)/t30-,31-,32+/m0/s1. The van der Waals surface area contributed by atoms with E-state index in [0.717, 1.165) is 36.5 Å². The van der Waals surface area contributed by atoms with E-state index in [-0.39, 0.29) is 30.5 Å². The van der Waals surface area contributed by atoms with Gasteiger partial charge in [0, 0.05) is 43.9 Å². The number of hydrogen-bond acceptors (Lipinski definition) is 5. The van der Waals surface area contributed by atoms with E-state index in [2.05, 4.69) is 29.7 Å². The monoisotopic (exact) mass is 593 g/mol. The Morgan fingerprint density at radius 3 is 2.47 bits per heavy atom. The predicted molar refractivity (Wildman–Crippen MR) is 162 cm³/mol. The van der Waals surface area contributed by atoms with Crippen LogP contribution in [0, 0.1) is 18.6 Å². The number of nitrogens with one attached hydrogen (secondary N) is 2. The molecule has 4 rings (SSSR count). The van der Waals surface area contributed by atoms with E-state index in [1.807, 2.05) is 19.1 Å². The topological polar surface area (TPSA) is 90.9 Å². The van der Waals surface area contributed by atoms with Crippen LogP contribution in [0.4, 0.5) is 8.78 Å². The molecule has 230 valence electrons. The summed E-state index contributed by atoms with van der Waals surface area (Å²) < 4.78 is 33.3. The molecule has 0 bridgehead atoms. The van der Waals surface area contributed by atoms with E-state index < -0.39 is 29.7 Å². The number of ether oxygens (including phenoxy) is 1. The first-order chi connectivity index (χ1) is 20.7. The van der Waals surface area contributed by atoms with E-state index in [1.54, 1.807) is 30.2 Å². The number of aliphatic hydroxyl groups is 1. The largest absolute Gasteiger partial charge is 0.390 e. The molecular formula is C34H41F2N3O4. The number of methoxy groups -OCH3 is 1. The highest BCUT2D eigenvalue weighted by atomic mass is 19.1. The summed E-state index contributed by atoms with van der Waals surface area (Å²) in [7, 11) is 1.61. The summed E-state index contributed by atoms with van der Waals surface area (Å²) in [4.78, 5) is 28.7. The van der Waals surface area contributed by atoms with Crippen molar-refractivity contribution in [3.05, 3.63) is 106 Å². The van der Waals surface area contributed by atoms with Gasteiger partial charge in [0.1, 0.15) is 11.6 Å². The van der Waals surface area contributed by atoms with Crippen LogP contribution in [-0.4, -0.2) is 66.8 Å². The van der Waals surface area contributed by atoms with Gasteiger partial charge in [-0.25, -0.2) is 8.78 Å². The lowest BCUT2D eigenvalue weighted by Crippen LogP contribution is -2.48. The second kappa shape index (κ2) is 15.2. The molecule has 1 saturated heterocycles. The number of carbonyl (C=O) groups is 2. The molecule has 1 heterocycles. The summed E-state index contributed by atoms with van der Waals surface area (Å²) in [6, 6.07) is 15.4. The number of nitrogens with zero attached hydrogens (tertiary/aromatic N) is 1. The quantitative estimate of drug-likeness (QED) is 0.270.